The number of nitrogens with two attached hydrogens (primary N) is 1. The van der Waals surface area contributed by atoms with E-state index < -0.39 is 11.8 Å². The Bertz CT molecular complexity index is 838. The highest BCUT2D eigenvalue weighted by molar-refractivity contribution is 6.45. The van der Waals surface area contributed by atoms with Crippen LogP contribution in [0, 0.1) is 16.7 Å². The Kier molecular flexibility index (Phi) is 5.10. The lowest BCUT2D eigenvalue weighted by Gasteiger charge is -2.09. The van der Waals surface area contributed by atoms with Crippen LogP contribution in [0.25, 0.3) is 0 Å². The first-order chi connectivity index (χ1) is 11.5. The van der Waals surface area contributed by atoms with Gasteiger partial charge in [-0.05, 0) is 36.4 Å². The zero-order chi connectivity index (χ0) is 17.5. The Balaban J connectivity index is 2.12. The number of carboxylic acid groups (broad SMARTS) is 1. The lowest BCUT2D eigenvalue weighted by atomic mass is 10.2. The van der Waals surface area contributed by atoms with Crippen molar-refractivity contribution in [3.05, 3.63) is 54.1 Å². The average molecular weight is 323 g/mol. The van der Waals surface area contributed by atoms with Crippen LogP contribution in [-0.4, -0.2) is 22.6 Å². The number of nitrogens with zero attached hydrogens (tertiary/aromatic N) is 2. The van der Waals surface area contributed by atoms with Crippen LogP contribution in [0.2, 0.25) is 0 Å². The molecular formula is C16H13N5O3. The van der Waals surface area contributed by atoms with Crippen LogP contribution < -0.4 is 15.9 Å². The number of anilines is 1. The van der Waals surface area contributed by atoms with Crippen molar-refractivity contribution in [2.24, 2.45) is 10.8 Å². The zero-order valence-electron chi connectivity index (χ0n) is 12.4. The first-order valence-electron chi connectivity index (χ1n) is 6.69. The summed E-state index contributed by atoms with van der Waals surface area (Å²) in [4.78, 5) is 11.1. The molecule has 0 spiro atoms. The maximum atomic E-state index is 11.1. The molecule has 0 radical (unpaired) electrons. The highest BCUT2D eigenvalue weighted by Gasteiger charge is 2.10. The minimum atomic E-state index is -1.08. The van der Waals surface area contributed by atoms with Gasteiger partial charge in [0.2, 0.25) is 5.71 Å². The number of nitriles is 1. The standard InChI is InChI=1S/C16H13N5O3/c17-9-13(15(18)19)21-20-10-5-7-11(8-6-10)24-14-4-2-1-3-12(14)16(22)23/h1-8,20H,(H3,18,19)(H,22,23)/b21-13+. The second kappa shape index (κ2) is 7.42. The molecule has 2 aromatic rings. The third-order valence-corrected chi connectivity index (χ3v) is 2.86. The molecule has 24 heavy (non-hydrogen) atoms. The Morgan fingerprint density at radius 1 is 1.25 bits per heavy atom. The first-order valence-corrected chi connectivity index (χ1v) is 6.69. The summed E-state index contributed by atoms with van der Waals surface area (Å²) in [6.07, 6.45) is 0. The molecule has 0 amide bonds. The summed E-state index contributed by atoms with van der Waals surface area (Å²) in [7, 11) is 0. The minimum Gasteiger partial charge on any atom is -0.478 e. The number of carbonyl (C=O) groups is 1. The van der Waals surface area contributed by atoms with Crippen LogP contribution in [0.3, 0.4) is 0 Å². The van der Waals surface area contributed by atoms with Gasteiger partial charge in [0, 0.05) is 0 Å². The van der Waals surface area contributed by atoms with Gasteiger partial charge in [-0.15, -0.1) is 0 Å². The molecule has 0 saturated heterocycles. The molecule has 2 aromatic carbocycles. The summed E-state index contributed by atoms with van der Waals surface area (Å²) in [5, 5.41) is 28.7. The van der Waals surface area contributed by atoms with E-state index in [0.717, 1.165) is 0 Å². The third kappa shape index (κ3) is 4.08. The van der Waals surface area contributed by atoms with E-state index in [9.17, 15) is 4.79 Å². The normalized spacial score (nSPS) is 10.5. The van der Waals surface area contributed by atoms with Gasteiger partial charge >= 0.3 is 5.97 Å². The van der Waals surface area contributed by atoms with Crippen LogP contribution in [-0.2, 0) is 0 Å². The third-order valence-electron chi connectivity index (χ3n) is 2.86. The summed E-state index contributed by atoms with van der Waals surface area (Å²) in [6.45, 7) is 0. The second-order valence-electron chi connectivity index (χ2n) is 4.53. The van der Waals surface area contributed by atoms with Crippen molar-refractivity contribution < 1.29 is 14.6 Å². The quantitative estimate of drug-likeness (QED) is 0.365. The molecule has 0 bridgehead atoms. The van der Waals surface area contributed by atoms with Crippen molar-refractivity contribution in [1.29, 1.82) is 10.7 Å². The Morgan fingerprint density at radius 3 is 2.50 bits per heavy atom. The van der Waals surface area contributed by atoms with Crippen molar-refractivity contribution >= 4 is 23.2 Å². The maximum absolute atomic E-state index is 11.1. The highest BCUT2D eigenvalue weighted by atomic mass is 16.5. The SMILES string of the molecule is N#C/C(=N\Nc1ccc(Oc2ccccc2C(=O)O)cc1)C(=N)N. The second-order valence-corrected chi connectivity index (χ2v) is 4.53. The fourth-order valence-electron chi connectivity index (χ4n) is 1.72. The van der Waals surface area contributed by atoms with Crippen molar-refractivity contribution in [2.45, 2.75) is 0 Å². The molecule has 8 heteroatoms. The van der Waals surface area contributed by atoms with Crippen LogP contribution in [0.4, 0.5) is 5.69 Å². The lowest BCUT2D eigenvalue weighted by molar-refractivity contribution is 0.0694. The van der Waals surface area contributed by atoms with E-state index in [2.05, 4.69) is 10.5 Å². The number of aromatic carboxylic acids is 1. The minimum absolute atomic E-state index is 0.0596. The van der Waals surface area contributed by atoms with Gasteiger partial charge in [0.05, 0.1) is 5.69 Å². The molecular weight excluding hydrogens is 310 g/mol. The molecule has 0 saturated carbocycles. The smallest absolute Gasteiger partial charge is 0.339 e. The number of benzene rings is 2. The number of hydrazone groups is 1. The molecule has 0 unspecified atom stereocenters. The zero-order valence-corrected chi connectivity index (χ0v) is 12.4. The van der Waals surface area contributed by atoms with Crippen LogP contribution in [0.15, 0.2) is 53.6 Å². The monoisotopic (exact) mass is 323 g/mol. The number of hydrogen-bond acceptors (Lipinski definition) is 6. The van der Waals surface area contributed by atoms with E-state index in [1.165, 1.54) is 6.07 Å². The van der Waals surface area contributed by atoms with E-state index in [1.54, 1.807) is 48.5 Å². The molecule has 8 nitrogen and oxygen atoms in total. The summed E-state index contributed by atoms with van der Waals surface area (Å²) < 4.78 is 5.56. The summed E-state index contributed by atoms with van der Waals surface area (Å²) in [5.74, 6) is -0.848. The molecule has 0 atom stereocenters. The predicted octanol–water partition coefficient (Wildman–Crippen LogP) is 2.40. The number of hydrogen-bond donors (Lipinski definition) is 4. The molecule has 2 rings (SSSR count). The maximum Gasteiger partial charge on any atom is 0.339 e. The van der Waals surface area contributed by atoms with Gasteiger partial charge in [-0.3, -0.25) is 10.8 Å². The van der Waals surface area contributed by atoms with Crippen LogP contribution in [0.1, 0.15) is 10.4 Å². The summed E-state index contributed by atoms with van der Waals surface area (Å²) in [6, 6.07) is 14.5. The molecule has 0 aliphatic rings. The molecule has 0 fully saturated rings. The average Bonchev–Trinajstić information content (AvgIpc) is 2.57. The van der Waals surface area contributed by atoms with Gasteiger partial charge in [-0.2, -0.15) is 10.4 Å². The van der Waals surface area contributed by atoms with Gasteiger partial charge < -0.3 is 15.6 Å². The number of rotatable bonds is 6. The Hall–Kier alpha value is -3.86. The van der Waals surface area contributed by atoms with E-state index >= 15 is 0 Å². The number of para-hydroxylation sites is 1. The van der Waals surface area contributed by atoms with Gasteiger partial charge in [-0.25, -0.2) is 4.79 Å². The molecule has 0 aliphatic carbocycles. The van der Waals surface area contributed by atoms with Crippen LogP contribution in [0.5, 0.6) is 11.5 Å². The number of amidine groups is 1. The largest absolute Gasteiger partial charge is 0.478 e. The number of ether oxygens (including phenoxy) is 1. The number of carboxylic acids is 1. The predicted molar refractivity (Wildman–Crippen MR) is 88.5 cm³/mol. The Morgan fingerprint density at radius 2 is 1.92 bits per heavy atom. The van der Waals surface area contributed by atoms with E-state index in [0.29, 0.717) is 11.4 Å². The molecule has 0 heterocycles. The van der Waals surface area contributed by atoms with E-state index in [1.807, 2.05) is 0 Å². The summed E-state index contributed by atoms with van der Waals surface area (Å²) in [5.41, 5.74) is 8.15. The Labute approximate surface area is 137 Å². The topological polar surface area (TPSA) is 145 Å². The molecule has 5 N–H and O–H groups in total. The van der Waals surface area contributed by atoms with Gasteiger partial charge in [0.25, 0.3) is 0 Å². The van der Waals surface area contributed by atoms with Crippen LogP contribution >= 0.6 is 0 Å². The first kappa shape index (κ1) is 16.5. The van der Waals surface area contributed by atoms with Gasteiger partial charge in [0.15, 0.2) is 5.84 Å². The molecule has 120 valence electrons. The molecule has 0 aromatic heterocycles. The summed E-state index contributed by atoms with van der Waals surface area (Å²) >= 11 is 0. The van der Waals surface area contributed by atoms with Gasteiger partial charge in [-0.1, -0.05) is 12.1 Å². The van der Waals surface area contributed by atoms with Crippen molar-refractivity contribution in [3.63, 3.8) is 0 Å². The highest BCUT2D eigenvalue weighted by Crippen LogP contribution is 2.26. The van der Waals surface area contributed by atoms with Crippen molar-refractivity contribution in [2.75, 3.05) is 5.43 Å². The fourth-order valence-corrected chi connectivity index (χ4v) is 1.72. The van der Waals surface area contributed by atoms with E-state index in [-0.39, 0.29) is 17.0 Å². The van der Waals surface area contributed by atoms with Crippen molar-refractivity contribution in [3.8, 4) is 17.6 Å². The molecule has 0 aliphatic heterocycles. The van der Waals surface area contributed by atoms with E-state index in [4.69, 9.17) is 26.2 Å². The lowest BCUT2D eigenvalue weighted by Crippen LogP contribution is -2.21. The fraction of sp³-hybridized carbons (Fsp3) is 0. The van der Waals surface area contributed by atoms with Crippen molar-refractivity contribution in [1.82, 2.24) is 0 Å². The number of nitrogens with one attached hydrogen (secondary N) is 2. The van der Waals surface area contributed by atoms with Gasteiger partial charge in [0.1, 0.15) is 23.1 Å².